The topological polar surface area (TPSA) is 47.7 Å². The van der Waals surface area contributed by atoms with Crippen molar-refractivity contribution in [2.75, 3.05) is 27.8 Å². The molecule has 1 unspecified atom stereocenters. The van der Waals surface area contributed by atoms with Crippen LogP contribution in [0.4, 0.5) is 0 Å². The summed E-state index contributed by atoms with van der Waals surface area (Å²) in [4.78, 5) is 2.30. The number of ether oxygens (including phenoxy) is 2. The zero-order chi connectivity index (χ0) is 14.3. The average molecular weight is 266 g/mol. The van der Waals surface area contributed by atoms with Crippen LogP contribution in [0.2, 0.25) is 0 Å². The zero-order valence-corrected chi connectivity index (χ0v) is 12.5. The number of hydrogen-bond donors (Lipinski definition) is 1. The van der Waals surface area contributed by atoms with Crippen LogP contribution in [-0.2, 0) is 6.54 Å². The van der Waals surface area contributed by atoms with E-state index >= 15 is 0 Å². The van der Waals surface area contributed by atoms with Gasteiger partial charge >= 0.3 is 0 Å². The van der Waals surface area contributed by atoms with Gasteiger partial charge in [0, 0.05) is 12.6 Å². The molecule has 0 fully saturated rings. The van der Waals surface area contributed by atoms with Crippen molar-refractivity contribution in [3.05, 3.63) is 23.8 Å². The van der Waals surface area contributed by atoms with Gasteiger partial charge in [0.2, 0.25) is 0 Å². The van der Waals surface area contributed by atoms with Gasteiger partial charge in [-0.15, -0.1) is 0 Å². The Hall–Kier alpha value is -1.26. The summed E-state index contributed by atoms with van der Waals surface area (Å²) in [6.45, 7) is 4.00. The normalized spacial score (nSPS) is 12.5. The van der Waals surface area contributed by atoms with Crippen LogP contribution in [0.1, 0.15) is 25.3 Å². The number of nitrogens with two attached hydrogens (primary N) is 1. The minimum atomic E-state index is 0.287. The van der Waals surface area contributed by atoms with E-state index in [1.54, 1.807) is 14.2 Å². The first-order valence-corrected chi connectivity index (χ1v) is 6.71. The Balaban J connectivity index is 2.52. The molecule has 0 radical (unpaired) electrons. The summed E-state index contributed by atoms with van der Waals surface area (Å²) in [7, 11) is 5.43. The summed E-state index contributed by atoms with van der Waals surface area (Å²) in [5.74, 6) is 1.55. The Bertz CT molecular complexity index is 380. The highest BCUT2D eigenvalue weighted by Gasteiger charge is 2.06. The van der Waals surface area contributed by atoms with Crippen molar-refractivity contribution in [2.24, 2.45) is 5.73 Å². The molecular formula is C15H26N2O2. The molecule has 0 aliphatic rings. The lowest BCUT2D eigenvalue weighted by molar-refractivity contribution is 0.313. The molecule has 0 saturated carbocycles. The first-order chi connectivity index (χ1) is 9.06. The van der Waals surface area contributed by atoms with Crippen molar-refractivity contribution < 1.29 is 9.47 Å². The molecule has 1 atom stereocenters. The van der Waals surface area contributed by atoms with Gasteiger partial charge in [-0.05, 0) is 51.1 Å². The second-order valence-corrected chi connectivity index (χ2v) is 5.05. The Morgan fingerprint density at radius 3 is 2.47 bits per heavy atom. The summed E-state index contributed by atoms with van der Waals surface area (Å²) in [5.41, 5.74) is 6.98. The van der Waals surface area contributed by atoms with Crippen LogP contribution in [0.15, 0.2) is 18.2 Å². The van der Waals surface area contributed by atoms with E-state index in [0.29, 0.717) is 0 Å². The van der Waals surface area contributed by atoms with E-state index in [-0.39, 0.29) is 6.04 Å². The lowest BCUT2D eigenvalue weighted by atomic mass is 10.1. The molecule has 0 spiro atoms. The molecule has 1 aromatic carbocycles. The Morgan fingerprint density at radius 2 is 1.89 bits per heavy atom. The van der Waals surface area contributed by atoms with E-state index < -0.39 is 0 Å². The van der Waals surface area contributed by atoms with Crippen molar-refractivity contribution in [1.82, 2.24) is 4.90 Å². The quantitative estimate of drug-likeness (QED) is 0.784. The van der Waals surface area contributed by atoms with Crippen molar-refractivity contribution in [3.8, 4) is 11.5 Å². The van der Waals surface area contributed by atoms with Gasteiger partial charge < -0.3 is 20.1 Å². The molecule has 19 heavy (non-hydrogen) atoms. The largest absolute Gasteiger partial charge is 0.493 e. The monoisotopic (exact) mass is 266 g/mol. The van der Waals surface area contributed by atoms with Crippen LogP contribution >= 0.6 is 0 Å². The Morgan fingerprint density at radius 1 is 1.21 bits per heavy atom. The van der Waals surface area contributed by atoms with Gasteiger partial charge in [-0.3, -0.25) is 0 Å². The molecule has 0 amide bonds. The van der Waals surface area contributed by atoms with Gasteiger partial charge in [0.05, 0.1) is 14.2 Å². The number of methoxy groups -OCH3 is 2. The molecule has 1 rings (SSSR count). The molecule has 0 saturated heterocycles. The van der Waals surface area contributed by atoms with E-state index in [2.05, 4.69) is 18.0 Å². The summed E-state index contributed by atoms with van der Waals surface area (Å²) in [5, 5.41) is 0. The van der Waals surface area contributed by atoms with Crippen molar-refractivity contribution in [3.63, 3.8) is 0 Å². The Labute approximate surface area is 116 Å². The summed E-state index contributed by atoms with van der Waals surface area (Å²) >= 11 is 0. The highest BCUT2D eigenvalue weighted by atomic mass is 16.5. The van der Waals surface area contributed by atoms with Crippen LogP contribution in [0.3, 0.4) is 0 Å². The van der Waals surface area contributed by atoms with Crippen LogP contribution in [-0.4, -0.2) is 38.8 Å². The minimum Gasteiger partial charge on any atom is -0.493 e. The van der Waals surface area contributed by atoms with E-state index in [1.165, 1.54) is 5.56 Å². The lowest BCUT2D eigenvalue weighted by Gasteiger charge is -2.18. The molecule has 1 aromatic rings. The number of nitrogens with zero attached hydrogens (tertiary/aromatic N) is 1. The third kappa shape index (κ3) is 5.49. The number of benzene rings is 1. The zero-order valence-electron chi connectivity index (χ0n) is 12.5. The predicted molar refractivity (Wildman–Crippen MR) is 78.8 cm³/mol. The summed E-state index contributed by atoms with van der Waals surface area (Å²) in [6.07, 6.45) is 2.19. The molecule has 0 aromatic heterocycles. The molecule has 0 aliphatic heterocycles. The first kappa shape index (κ1) is 15.8. The number of hydrogen-bond acceptors (Lipinski definition) is 4. The van der Waals surface area contributed by atoms with Gasteiger partial charge in [0.15, 0.2) is 11.5 Å². The molecular weight excluding hydrogens is 240 g/mol. The summed E-state index contributed by atoms with van der Waals surface area (Å²) in [6, 6.07) is 6.34. The minimum absolute atomic E-state index is 0.287. The van der Waals surface area contributed by atoms with Crippen molar-refractivity contribution >= 4 is 0 Å². The van der Waals surface area contributed by atoms with Crippen LogP contribution in [0.5, 0.6) is 11.5 Å². The molecule has 0 aliphatic carbocycles. The van der Waals surface area contributed by atoms with Crippen molar-refractivity contribution in [2.45, 2.75) is 32.4 Å². The van der Waals surface area contributed by atoms with Crippen LogP contribution in [0.25, 0.3) is 0 Å². The van der Waals surface area contributed by atoms with E-state index in [0.717, 1.165) is 37.4 Å². The van der Waals surface area contributed by atoms with Crippen molar-refractivity contribution in [1.29, 1.82) is 0 Å². The third-order valence-electron chi connectivity index (χ3n) is 3.10. The fourth-order valence-corrected chi connectivity index (χ4v) is 2.05. The van der Waals surface area contributed by atoms with Crippen LogP contribution in [0, 0.1) is 0 Å². The van der Waals surface area contributed by atoms with Gasteiger partial charge in [-0.2, -0.15) is 0 Å². The Kier molecular flexibility index (Phi) is 6.67. The van der Waals surface area contributed by atoms with E-state index in [9.17, 15) is 0 Å². The molecule has 4 heteroatoms. The lowest BCUT2D eigenvalue weighted by Crippen LogP contribution is -2.22. The maximum absolute atomic E-state index is 5.75. The van der Waals surface area contributed by atoms with E-state index in [1.807, 2.05) is 19.1 Å². The van der Waals surface area contributed by atoms with Gasteiger partial charge in [0.1, 0.15) is 0 Å². The van der Waals surface area contributed by atoms with Gasteiger partial charge in [0.25, 0.3) is 0 Å². The standard InChI is InChI=1S/C15H26N2O2/c1-12(16)6-5-9-17(2)11-13-7-8-14(18-3)15(10-13)19-4/h7-8,10,12H,5-6,9,11,16H2,1-4H3. The first-order valence-electron chi connectivity index (χ1n) is 6.71. The maximum atomic E-state index is 5.75. The van der Waals surface area contributed by atoms with E-state index in [4.69, 9.17) is 15.2 Å². The molecule has 108 valence electrons. The fraction of sp³-hybridized carbons (Fsp3) is 0.600. The highest BCUT2D eigenvalue weighted by Crippen LogP contribution is 2.27. The predicted octanol–water partition coefficient (Wildman–Crippen LogP) is 2.26. The second-order valence-electron chi connectivity index (χ2n) is 5.05. The van der Waals surface area contributed by atoms with Gasteiger partial charge in [-0.25, -0.2) is 0 Å². The molecule has 4 nitrogen and oxygen atoms in total. The SMILES string of the molecule is COc1ccc(CN(C)CCCC(C)N)cc1OC. The fourth-order valence-electron chi connectivity index (χ4n) is 2.05. The maximum Gasteiger partial charge on any atom is 0.161 e. The summed E-state index contributed by atoms with van der Waals surface area (Å²) < 4.78 is 10.5. The molecule has 2 N–H and O–H groups in total. The average Bonchev–Trinajstić information content (AvgIpc) is 2.38. The molecule has 0 bridgehead atoms. The second kappa shape index (κ2) is 8.02. The third-order valence-corrected chi connectivity index (χ3v) is 3.10. The highest BCUT2D eigenvalue weighted by molar-refractivity contribution is 5.42. The van der Waals surface area contributed by atoms with Gasteiger partial charge in [-0.1, -0.05) is 6.07 Å². The smallest absolute Gasteiger partial charge is 0.161 e. The van der Waals surface area contributed by atoms with Crippen LogP contribution < -0.4 is 15.2 Å². The molecule has 0 heterocycles. The number of rotatable bonds is 8.